The number of amides is 1. The van der Waals surface area contributed by atoms with Gasteiger partial charge in [0, 0.05) is 33.1 Å². The van der Waals surface area contributed by atoms with Crippen molar-refractivity contribution in [2.45, 2.75) is 13.1 Å². The SMILES string of the molecule is CNc1nc(NCCNC(C)=O)cc(C(F)(F)F)n1. The summed E-state index contributed by atoms with van der Waals surface area (Å²) in [6.07, 6.45) is -4.54. The van der Waals surface area contributed by atoms with Crippen LogP contribution in [0.3, 0.4) is 0 Å². The number of hydrogen-bond donors (Lipinski definition) is 3. The van der Waals surface area contributed by atoms with Gasteiger partial charge in [0.05, 0.1) is 0 Å². The largest absolute Gasteiger partial charge is 0.433 e. The van der Waals surface area contributed by atoms with Crippen molar-refractivity contribution in [2.24, 2.45) is 0 Å². The first-order valence-electron chi connectivity index (χ1n) is 5.45. The number of hydrogen-bond acceptors (Lipinski definition) is 5. The van der Waals surface area contributed by atoms with Crippen LogP contribution >= 0.6 is 0 Å². The molecule has 0 bridgehead atoms. The molecule has 0 spiro atoms. The molecule has 0 saturated heterocycles. The van der Waals surface area contributed by atoms with Gasteiger partial charge in [-0.2, -0.15) is 18.2 Å². The first-order valence-corrected chi connectivity index (χ1v) is 5.45. The van der Waals surface area contributed by atoms with Crippen molar-refractivity contribution in [2.75, 3.05) is 30.8 Å². The summed E-state index contributed by atoms with van der Waals surface area (Å²) in [7, 11) is 1.43. The van der Waals surface area contributed by atoms with Gasteiger partial charge < -0.3 is 16.0 Å². The van der Waals surface area contributed by atoms with Crippen molar-refractivity contribution < 1.29 is 18.0 Å². The fraction of sp³-hybridized carbons (Fsp3) is 0.500. The van der Waals surface area contributed by atoms with E-state index in [2.05, 4.69) is 25.9 Å². The second-order valence-electron chi connectivity index (χ2n) is 3.62. The zero-order valence-corrected chi connectivity index (χ0v) is 10.4. The number of alkyl halides is 3. The molecule has 0 radical (unpaired) electrons. The number of carbonyl (C=O) groups excluding carboxylic acids is 1. The molecule has 0 aromatic carbocycles. The fourth-order valence-electron chi connectivity index (χ4n) is 1.22. The van der Waals surface area contributed by atoms with Gasteiger partial charge in [-0.3, -0.25) is 4.79 Å². The van der Waals surface area contributed by atoms with Gasteiger partial charge in [-0.15, -0.1) is 0 Å². The maximum Gasteiger partial charge on any atom is 0.433 e. The molecular formula is C10H14F3N5O. The first kappa shape index (κ1) is 15.0. The van der Waals surface area contributed by atoms with Gasteiger partial charge in [0.2, 0.25) is 11.9 Å². The molecule has 1 aromatic heterocycles. The highest BCUT2D eigenvalue weighted by Gasteiger charge is 2.33. The molecule has 3 N–H and O–H groups in total. The van der Waals surface area contributed by atoms with Gasteiger partial charge in [0.15, 0.2) is 5.69 Å². The molecule has 1 aromatic rings. The number of aromatic nitrogens is 2. The van der Waals surface area contributed by atoms with E-state index in [1.165, 1.54) is 14.0 Å². The third kappa shape index (κ3) is 4.98. The molecule has 106 valence electrons. The molecule has 0 fully saturated rings. The van der Waals surface area contributed by atoms with Gasteiger partial charge in [-0.1, -0.05) is 0 Å². The molecule has 1 amide bonds. The monoisotopic (exact) mass is 277 g/mol. The minimum atomic E-state index is -4.54. The van der Waals surface area contributed by atoms with Crippen LogP contribution < -0.4 is 16.0 Å². The summed E-state index contributed by atoms with van der Waals surface area (Å²) in [6.45, 7) is 1.90. The Kier molecular flexibility index (Phi) is 4.90. The Labute approximate surface area is 107 Å². The van der Waals surface area contributed by atoms with Crippen LogP contribution in [0.15, 0.2) is 6.07 Å². The van der Waals surface area contributed by atoms with Gasteiger partial charge in [0.25, 0.3) is 0 Å². The number of halogens is 3. The number of anilines is 2. The predicted molar refractivity (Wildman–Crippen MR) is 63.8 cm³/mol. The molecule has 0 atom stereocenters. The van der Waals surface area contributed by atoms with Crippen molar-refractivity contribution in [3.63, 3.8) is 0 Å². The molecule has 0 aliphatic carbocycles. The van der Waals surface area contributed by atoms with E-state index in [1.54, 1.807) is 0 Å². The predicted octanol–water partition coefficient (Wildman–Crippen LogP) is 1.09. The van der Waals surface area contributed by atoms with Crippen molar-refractivity contribution in [1.82, 2.24) is 15.3 Å². The molecule has 6 nitrogen and oxygen atoms in total. The van der Waals surface area contributed by atoms with E-state index < -0.39 is 11.9 Å². The number of nitrogens with zero attached hydrogens (tertiary/aromatic N) is 2. The lowest BCUT2D eigenvalue weighted by molar-refractivity contribution is -0.141. The summed E-state index contributed by atoms with van der Waals surface area (Å²) >= 11 is 0. The quantitative estimate of drug-likeness (QED) is 0.702. The van der Waals surface area contributed by atoms with Gasteiger partial charge >= 0.3 is 6.18 Å². The van der Waals surface area contributed by atoms with Gasteiger partial charge in [-0.05, 0) is 0 Å². The minimum Gasteiger partial charge on any atom is -0.368 e. The first-order chi connectivity index (χ1) is 8.82. The molecule has 0 unspecified atom stereocenters. The molecule has 1 heterocycles. The minimum absolute atomic E-state index is 0.0389. The Morgan fingerprint density at radius 3 is 2.53 bits per heavy atom. The number of nitrogens with one attached hydrogen (secondary N) is 3. The van der Waals surface area contributed by atoms with Crippen molar-refractivity contribution in [1.29, 1.82) is 0 Å². The van der Waals surface area contributed by atoms with Crippen LogP contribution in [0.1, 0.15) is 12.6 Å². The van der Waals surface area contributed by atoms with E-state index in [0.717, 1.165) is 6.07 Å². The highest BCUT2D eigenvalue weighted by atomic mass is 19.4. The zero-order valence-electron chi connectivity index (χ0n) is 10.4. The van der Waals surface area contributed by atoms with E-state index in [4.69, 9.17) is 0 Å². The lowest BCUT2D eigenvalue weighted by Crippen LogP contribution is -2.26. The van der Waals surface area contributed by atoms with Crippen LogP contribution in [0.4, 0.5) is 24.9 Å². The molecule has 19 heavy (non-hydrogen) atoms. The molecule has 9 heteroatoms. The maximum atomic E-state index is 12.6. The smallest absolute Gasteiger partial charge is 0.368 e. The zero-order chi connectivity index (χ0) is 14.5. The van der Waals surface area contributed by atoms with Crippen LogP contribution in [0.25, 0.3) is 0 Å². The standard InChI is InChI=1S/C10H14F3N5O/c1-6(19)15-3-4-16-8-5-7(10(11,12)13)17-9(14-2)18-8/h5H,3-4H2,1-2H3,(H,15,19)(H2,14,16,17,18). The van der Waals surface area contributed by atoms with E-state index in [1.807, 2.05) is 0 Å². The summed E-state index contributed by atoms with van der Waals surface area (Å²) in [5.41, 5.74) is -1.03. The third-order valence-electron chi connectivity index (χ3n) is 2.05. The molecule has 1 rings (SSSR count). The summed E-state index contributed by atoms with van der Waals surface area (Å²) in [6, 6.07) is 0.814. The van der Waals surface area contributed by atoms with Crippen LogP contribution in [0, 0.1) is 0 Å². The Morgan fingerprint density at radius 2 is 2.00 bits per heavy atom. The van der Waals surface area contributed by atoms with Crippen LogP contribution in [0.2, 0.25) is 0 Å². The van der Waals surface area contributed by atoms with E-state index in [9.17, 15) is 18.0 Å². The summed E-state index contributed by atoms with van der Waals surface area (Å²) < 4.78 is 37.7. The second-order valence-corrected chi connectivity index (χ2v) is 3.62. The summed E-state index contributed by atoms with van der Waals surface area (Å²) in [5.74, 6) is -0.301. The average molecular weight is 277 g/mol. The lowest BCUT2D eigenvalue weighted by atomic mass is 10.3. The van der Waals surface area contributed by atoms with E-state index >= 15 is 0 Å². The van der Waals surface area contributed by atoms with Crippen LogP contribution in [-0.2, 0) is 11.0 Å². The topological polar surface area (TPSA) is 78.9 Å². The molecule has 0 aliphatic rings. The average Bonchev–Trinajstić information content (AvgIpc) is 2.33. The number of carbonyl (C=O) groups is 1. The lowest BCUT2D eigenvalue weighted by Gasteiger charge is -2.11. The van der Waals surface area contributed by atoms with Crippen molar-refractivity contribution >= 4 is 17.7 Å². The van der Waals surface area contributed by atoms with Gasteiger partial charge in [-0.25, -0.2) is 4.98 Å². The van der Waals surface area contributed by atoms with Crippen molar-refractivity contribution in [3.8, 4) is 0 Å². The van der Waals surface area contributed by atoms with E-state index in [0.29, 0.717) is 0 Å². The van der Waals surface area contributed by atoms with Crippen LogP contribution in [0.5, 0.6) is 0 Å². The fourth-order valence-corrected chi connectivity index (χ4v) is 1.22. The highest BCUT2D eigenvalue weighted by Crippen LogP contribution is 2.29. The van der Waals surface area contributed by atoms with E-state index in [-0.39, 0.29) is 30.8 Å². The Bertz CT molecular complexity index is 449. The Morgan fingerprint density at radius 1 is 1.32 bits per heavy atom. The third-order valence-corrected chi connectivity index (χ3v) is 2.05. The maximum absolute atomic E-state index is 12.6. The highest BCUT2D eigenvalue weighted by molar-refractivity contribution is 5.72. The van der Waals surface area contributed by atoms with Gasteiger partial charge in [0.1, 0.15) is 5.82 Å². The molecular weight excluding hydrogens is 263 g/mol. The summed E-state index contributed by atoms with van der Waals surface area (Å²) in [5, 5.41) is 7.64. The number of rotatable bonds is 5. The Balaban J connectivity index is 2.74. The van der Waals surface area contributed by atoms with Crippen LogP contribution in [-0.4, -0.2) is 36.0 Å². The Hall–Kier alpha value is -2.06. The molecule has 0 saturated carbocycles. The summed E-state index contributed by atoms with van der Waals surface area (Å²) in [4.78, 5) is 17.8. The molecule has 0 aliphatic heterocycles. The normalized spacial score (nSPS) is 11.0. The van der Waals surface area contributed by atoms with Crippen molar-refractivity contribution in [3.05, 3.63) is 11.8 Å². The second kappa shape index (κ2) is 6.21.